The second-order valence-electron chi connectivity index (χ2n) is 7.09. The van der Waals surface area contributed by atoms with Crippen LogP contribution in [0.5, 0.6) is 0 Å². The number of anilines is 1. The van der Waals surface area contributed by atoms with Crippen molar-refractivity contribution in [1.82, 2.24) is 15.1 Å². The lowest BCUT2D eigenvalue weighted by atomic mass is 10.0. The third kappa shape index (κ3) is 4.22. The average Bonchev–Trinajstić information content (AvgIpc) is 3.40. The van der Waals surface area contributed by atoms with Crippen molar-refractivity contribution in [3.05, 3.63) is 53.9 Å². The van der Waals surface area contributed by atoms with E-state index in [0.29, 0.717) is 42.9 Å². The van der Waals surface area contributed by atoms with Crippen LogP contribution >= 0.6 is 0 Å². The molecule has 1 aromatic carbocycles. The minimum Gasteiger partial charge on any atom is -0.459 e. The highest BCUT2D eigenvalue weighted by Gasteiger charge is 2.27. The van der Waals surface area contributed by atoms with Crippen LogP contribution in [0.3, 0.4) is 0 Å². The van der Waals surface area contributed by atoms with Crippen molar-refractivity contribution in [2.75, 3.05) is 24.5 Å². The fourth-order valence-corrected chi connectivity index (χ4v) is 3.67. The maximum atomic E-state index is 14.4. The van der Waals surface area contributed by atoms with Crippen LogP contribution in [-0.4, -0.2) is 40.6 Å². The Hall–Kier alpha value is -3.00. The Balaban J connectivity index is 1.47. The van der Waals surface area contributed by atoms with Gasteiger partial charge in [-0.3, -0.25) is 9.69 Å². The van der Waals surface area contributed by atoms with Crippen molar-refractivity contribution in [3.8, 4) is 11.7 Å². The van der Waals surface area contributed by atoms with Gasteiger partial charge < -0.3 is 13.7 Å². The number of amides is 1. The van der Waals surface area contributed by atoms with Crippen molar-refractivity contribution in [1.29, 1.82) is 0 Å². The molecule has 2 aromatic heterocycles. The minimum absolute atomic E-state index is 0.129. The van der Waals surface area contributed by atoms with E-state index in [4.69, 9.17) is 8.83 Å². The van der Waals surface area contributed by atoms with Crippen LogP contribution in [0.1, 0.15) is 31.2 Å². The maximum absolute atomic E-state index is 14.4. The third-order valence-corrected chi connectivity index (χ3v) is 4.93. The number of carbonyl (C=O) groups excluding carboxylic acids is 1. The summed E-state index contributed by atoms with van der Waals surface area (Å²) in [6, 6.07) is 8.47. The van der Waals surface area contributed by atoms with Gasteiger partial charge >= 0.3 is 0 Å². The summed E-state index contributed by atoms with van der Waals surface area (Å²) in [4.78, 5) is 16.5. The molecule has 0 saturated carbocycles. The predicted octanol–water partition coefficient (Wildman–Crippen LogP) is 3.66. The molecule has 1 aliphatic heterocycles. The van der Waals surface area contributed by atoms with Gasteiger partial charge in [0, 0.05) is 6.54 Å². The number of para-hydroxylation sites is 1. The van der Waals surface area contributed by atoms with Crippen molar-refractivity contribution >= 4 is 11.6 Å². The van der Waals surface area contributed by atoms with Crippen LogP contribution in [0.25, 0.3) is 11.7 Å². The van der Waals surface area contributed by atoms with Gasteiger partial charge in [-0.15, -0.1) is 10.2 Å². The van der Waals surface area contributed by atoms with E-state index in [1.54, 1.807) is 23.1 Å². The fraction of sp³-hybridized carbons (Fsp3) is 0.381. The molecule has 8 heteroatoms. The van der Waals surface area contributed by atoms with Gasteiger partial charge in [0.15, 0.2) is 5.76 Å². The van der Waals surface area contributed by atoms with Crippen molar-refractivity contribution in [2.24, 2.45) is 0 Å². The Labute approximate surface area is 168 Å². The molecule has 0 spiro atoms. The number of furan rings is 1. The number of fused-ring (bicyclic) bond motifs is 1. The molecule has 0 N–H and O–H groups in total. The highest BCUT2D eigenvalue weighted by Crippen LogP contribution is 2.30. The summed E-state index contributed by atoms with van der Waals surface area (Å²) in [5, 5.41) is 8.06. The van der Waals surface area contributed by atoms with E-state index in [1.165, 1.54) is 12.3 Å². The molecule has 7 nitrogen and oxygen atoms in total. The molecule has 152 valence electrons. The molecule has 3 aromatic rings. The summed E-state index contributed by atoms with van der Waals surface area (Å²) in [5.74, 6) is 0.734. The van der Waals surface area contributed by atoms with E-state index >= 15 is 0 Å². The number of benzene rings is 1. The van der Waals surface area contributed by atoms with Crippen LogP contribution < -0.4 is 4.90 Å². The molecular weight excluding hydrogens is 375 g/mol. The number of rotatable bonds is 7. The van der Waals surface area contributed by atoms with Gasteiger partial charge in [0.25, 0.3) is 5.89 Å². The molecule has 0 radical (unpaired) electrons. The SMILES string of the molecule is CCCN(CC(=O)N1CCCc2cccc(F)c21)Cc1nnc(-c2ccco2)o1. The van der Waals surface area contributed by atoms with Gasteiger partial charge in [0.2, 0.25) is 11.8 Å². The first-order valence-electron chi connectivity index (χ1n) is 9.82. The molecule has 1 aliphatic rings. The van der Waals surface area contributed by atoms with Gasteiger partial charge in [-0.2, -0.15) is 0 Å². The lowest BCUT2D eigenvalue weighted by Gasteiger charge is -2.31. The molecule has 0 aliphatic carbocycles. The quantitative estimate of drug-likeness (QED) is 0.605. The molecular formula is C21H23FN4O3. The zero-order valence-corrected chi connectivity index (χ0v) is 16.3. The molecule has 4 rings (SSSR count). The highest BCUT2D eigenvalue weighted by molar-refractivity contribution is 5.96. The second kappa shape index (κ2) is 8.57. The Morgan fingerprint density at radius 2 is 2.17 bits per heavy atom. The lowest BCUT2D eigenvalue weighted by molar-refractivity contribution is -0.120. The van der Waals surface area contributed by atoms with Crippen molar-refractivity contribution in [2.45, 2.75) is 32.7 Å². The summed E-state index contributed by atoms with van der Waals surface area (Å²) in [7, 11) is 0. The second-order valence-corrected chi connectivity index (χ2v) is 7.09. The molecule has 0 atom stereocenters. The first kappa shape index (κ1) is 19.3. The van der Waals surface area contributed by atoms with Gasteiger partial charge in [0.05, 0.1) is 25.0 Å². The summed E-state index contributed by atoms with van der Waals surface area (Å²) < 4.78 is 25.3. The number of aryl methyl sites for hydroxylation is 1. The van der Waals surface area contributed by atoms with E-state index in [2.05, 4.69) is 10.2 Å². The first-order chi connectivity index (χ1) is 14.2. The Morgan fingerprint density at radius 1 is 1.28 bits per heavy atom. The summed E-state index contributed by atoms with van der Waals surface area (Å²) in [5.41, 5.74) is 1.30. The molecule has 0 unspecified atom stereocenters. The topological polar surface area (TPSA) is 75.6 Å². The molecule has 0 fully saturated rings. The number of hydrogen-bond acceptors (Lipinski definition) is 6. The Morgan fingerprint density at radius 3 is 2.97 bits per heavy atom. The van der Waals surface area contributed by atoms with Crippen LogP contribution in [-0.2, 0) is 17.8 Å². The van der Waals surface area contributed by atoms with E-state index in [-0.39, 0.29) is 18.3 Å². The molecule has 3 heterocycles. The van der Waals surface area contributed by atoms with Crippen LogP contribution in [0.4, 0.5) is 10.1 Å². The van der Waals surface area contributed by atoms with Gasteiger partial charge in [-0.1, -0.05) is 19.1 Å². The van der Waals surface area contributed by atoms with E-state index < -0.39 is 0 Å². The Kier molecular flexibility index (Phi) is 5.71. The van der Waals surface area contributed by atoms with Crippen molar-refractivity contribution in [3.63, 3.8) is 0 Å². The summed E-state index contributed by atoms with van der Waals surface area (Å²) in [6.45, 7) is 3.73. The van der Waals surface area contributed by atoms with Crippen LogP contribution in [0.15, 0.2) is 45.4 Å². The smallest absolute Gasteiger partial charge is 0.283 e. The average molecular weight is 398 g/mol. The van der Waals surface area contributed by atoms with Gasteiger partial charge in [-0.25, -0.2) is 4.39 Å². The molecule has 1 amide bonds. The standard InChI is InChI=1S/C21H23FN4O3/c1-2-10-25(13-18-23-24-21(29-18)17-9-5-12-28-17)14-19(27)26-11-4-7-15-6-3-8-16(22)20(15)26/h3,5-6,8-9,12H,2,4,7,10-11,13-14H2,1H3. The zero-order chi connectivity index (χ0) is 20.2. The third-order valence-electron chi connectivity index (χ3n) is 4.93. The number of hydrogen-bond donors (Lipinski definition) is 0. The Bertz CT molecular complexity index is 970. The normalized spacial score (nSPS) is 13.7. The van der Waals surface area contributed by atoms with Crippen molar-refractivity contribution < 1.29 is 18.0 Å². The van der Waals surface area contributed by atoms with Crippen LogP contribution in [0, 0.1) is 5.82 Å². The van der Waals surface area contributed by atoms with E-state index in [0.717, 1.165) is 24.8 Å². The zero-order valence-electron chi connectivity index (χ0n) is 16.3. The number of nitrogens with zero attached hydrogens (tertiary/aromatic N) is 4. The predicted molar refractivity (Wildman–Crippen MR) is 105 cm³/mol. The van der Waals surface area contributed by atoms with E-state index in [9.17, 15) is 9.18 Å². The highest BCUT2D eigenvalue weighted by atomic mass is 19.1. The largest absolute Gasteiger partial charge is 0.459 e. The van der Waals surface area contributed by atoms with Gasteiger partial charge in [0.1, 0.15) is 5.82 Å². The number of halogens is 1. The number of carbonyl (C=O) groups is 1. The molecule has 29 heavy (non-hydrogen) atoms. The summed E-state index contributed by atoms with van der Waals surface area (Å²) >= 11 is 0. The first-order valence-corrected chi connectivity index (χ1v) is 9.82. The van der Waals surface area contributed by atoms with Gasteiger partial charge in [-0.05, 0) is 49.6 Å². The monoisotopic (exact) mass is 398 g/mol. The number of aromatic nitrogens is 2. The summed E-state index contributed by atoms with van der Waals surface area (Å²) in [6.07, 6.45) is 4.01. The molecule has 0 bridgehead atoms. The van der Waals surface area contributed by atoms with Crippen LogP contribution in [0.2, 0.25) is 0 Å². The molecule has 0 saturated heterocycles. The fourth-order valence-electron chi connectivity index (χ4n) is 3.67. The minimum atomic E-state index is -0.349. The maximum Gasteiger partial charge on any atom is 0.283 e. The van der Waals surface area contributed by atoms with E-state index in [1.807, 2.05) is 17.9 Å². The lowest BCUT2D eigenvalue weighted by Crippen LogP contribution is -2.43.